The van der Waals surface area contributed by atoms with Crippen LogP contribution in [0, 0.1) is 0 Å². The van der Waals surface area contributed by atoms with E-state index in [2.05, 4.69) is 22.0 Å². The van der Waals surface area contributed by atoms with Gasteiger partial charge in [-0.2, -0.15) is 9.78 Å². The molecule has 1 rings (SSSR count). The van der Waals surface area contributed by atoms with Crippen molar-refractivity contribution in [2.75, 3.05) is 6.54 Å². The molecule has 0 radical (unpaired) electrons. The normalized spacial score (nSPS) is 17.4. The fourth-order valence-electron chi connectivity index (χ4n) is 2.26. The van der Waals surface area contributed by atoms with E-state index in [0.29, 0.717) is 6.54 Å². The smallest absolute Gasteiger partial charge is 0.370 e. The molecule has 6 nitrogen and oxygen atoms in total. The quantitative estimate of drug-likeness (QED) is 0.308. The molecule has 1 heterocycles. The van der Waals surface area contributed by atoms with Gasteiger partial charge in [0.25, 0.3) is 0 Å². The second kappa shape index (κ2) is 9.12. The van der Waals surface area contributed by atoms with Crippen LogP contribution in [0.4, 0.5) is 0 Å². The number of carbonyl (C=O) groups is 2. The lowest BCUT2D eigenvalue weighted by Crippen LogP contribution is -2.42. The number of aliphatic carboxylic acids is 1. The molecule has 1 fully saturated rings. The zero-order chi connectivity index (χ0) is 15.7. The Labute approximate surface area is 126 Å². The first-order chi connectivity index (χ1) is 10.0. The topological polar surface area (TPSA) is 91.5 Å². The maximum absolute atomic E-state index is 11.5. The Hall–Kier alpha value is -0.980. The first-order valence-electron chi connectivity index (χ1n) is 7.86. The van der Waals surface area contributed by atoms with E-state index in [9.17, 15) is 9.59 Å². The number of carboxylic acid groups (broad SMARTS) is 1. The number of nitrogens with one attached hydrogen (secondary N) is 1. The van der Waals surface area contributed by atoms with Crippen molar-refractivity contribution in [2.24, 2.45) is 0 Å². The number of rotatable bonds is 13. The third-order valence-electron chi connectivity index (χ3n) is 3.75. The number of carboxylic acids is 1. The third kappa shape index (κ3) is 6.54. The highest BCUT2D eigenvalue weighted by Gasteiger charge is 2.58. The zero-order valence-electron chi connectivity index (χ0n) is 13.0. The van der Waals surface area contributed by atoms with Crippen LogP contribution in [0.2, 0.25) is 0 Å². The molecule has 0 saturated carbocycles. The third-order valence-corrected chi connectivity index (χ3v) is 3.75. The fourth-order valence-corrected chi connectivity index (χ4v) is 2.26. The summed E-state index contributed by atoms with van der Waals surface area (Å²) in [6.45, 7) is 4.34. The van der Waals surface area contributed by atoms with Crippen LogP contribution >= 0.6 is 0 Å². The summed E-state index contributed by atoms with van der Waals surface area (Å²) >= 11 is 0. The molecular formula is C15H27NO5. The molecule has 122 valence electrons. The average molecular weight is 301 g/mol. The molecule has 6 heteroatoms. The lowest BCUT2D eigenvalue weighted by Gasteiger charge is -2.16. The SMILES string of the molecule is CCCCCCCCCNC(CC1(C(=O)O)OO1)C(C)=O. The molecule has 0 spiro atoms. The number of hydrogen-bond donors (Lipinski definition) is 2. The summed E-state index contributed by atoms with van der Waals surface area (Å²) in [5.74, 6) is -2.91. The van der Waals surface area contributed by atoms with Crippen molar-refractivity contribution in [3.05, 3.63) is 0 Å². The van der Waals surface area contributed by atoms with Gasteiger partial charge in [-0.1, -0.05) is 45.4 Å². The number of unbranched alkanes of at least 4 members (excludes halogenated alkanes) is 6. The predicted octanol–water partition coefficient (Wildman–Crippen LogP) is 2.42. The van der Waals surface area contributed by atoms with Crippen LogP contribution in [0.3, 0.4) is 0 Å². The average Bonchev–Trinajstić information content (AvgIpc) is 3.21. The van der Waals surface area contributed by atoms with Gasteiger partial charge in [0.2, 0.25) is 0 Å². The molecule has 21 heavy (non-hydrogen) atoms. The summed E-state index contributed by atoms with van der Waals surface area (Å²) in [7, 11) is 0. The minimum Gasteiger partial charge on any atom is -0.477 e. The number of Topliss-reactive ketones (excluding diaryl/α,β-unsaturated/α-hetero) is 1. The highest BCUT2D eigenvalue weighted by atomic mass is 17.4. The molecule has 1 atom stereocenters. The standard InChI is InChI=1S/C15H27NO5/c1-3-4-5-6-7-8-9-10-16-13(12(2)17)11-15(14(18)19)20-21-15/h13,16H,3-11H2,1-2H3,(H,18,19). The Morgan fingerprint density at radius 2 is 1.67 bits per heavy atom. The molecule has 2 N–H and O–H groups in total. The highest BCUT2D eigenvalue weighted by Crippen LogP contribution is 2.34. The molecule has 1 aliphatic rings. The van der Waals surface area contributed by atoms with E-state index in [-0.39, 0.29) is 12.2 Å². The first kappa shape index (κ1) is 18.1. The van der Waals surface area contributed by atoms with Crippen LogP contribution in [0.25, 0.3) is 0 Å². The first-order valence-corrected chi connectivity index (χ1v) is 7.86. The molecule has 0 aromatic rings. The Kier molecular flexibility index (Phi) is 7.85. The molecular weight excluding hydrogens is 274 g/mol. The van der Waals surface area contributed by atoms with Crippen LogP contribution in [-0.4, -0.2) is 35.2 Å². The molecule has 1 unspecified atom stereocenters. The maximum atomic E-state index is 11.5. The van der Waals surface area contributed by atoms with Gasteiger partial charge in [-0.05, 0) is 19.9 Å². The van der Waals surface area contributed by atoms with Crippen LogP contribution in [0.15, 0.2) is 0 Å². The Balaban J connectivity index is 2.15. The van der Waals surface area contributed by atoms with Crippen molar-refractivity contribution in [3.63, 3.8) is 0 Å². The lowest BCUT2D eigenvalue weighted by molar-refractivity contribution is -0.144. The van der Waals surface area contributed by atoms with Crippen LogP contribution in [-0.2, 0) is 19.4 Å². The summed E-state index contributed by atoms with van der Waals surface area (Å²) in [6.07, 6.45) is 8.41. The van der Waals surface area contributed by atoms with Crippen molar-refractivity contribution >= 4 is 11.8 Å². The number of ketones is 1. The van der Waals surface area contributed by atoms with Gasteiger partial charge in [-0.15, -0.1) is 0 Å². The van der Waals surface area contributed by atoms with E-state index in [1.165, 1.54) is 39.0 Å². The summed E-state index contributed by atoms with van der Waals surface area (Å²) < 4.78 is 0. The minimum atomic E-state index is -1.62. The molecule has 0 aliphatic carbocycles. The Morgan fingerprint density at radius 3 is 2.14 bits per heavy atom. The van der Waals surface area contributed by atoms with Crippen LogP contribution in [0.1, 0.15) is 65.2 Å². The van der Waals surface area contributed by atoms with E-state index < -0.39 is 17.8 Å². The summed E-state index contributed by atoms with van der Waals surface area (Å²) in [6, 6.07) is -0.538. The van der Waals surface area contributed by atoms with Gasteiger partial charge in [0.05, 0.1) is 6.04 Å². The molecule has 0 aromatic carbocycles. The van der Waals surface area contributed by atoms with Crippen molar-refractivity contribution in [2.45, 2.75) is 77.0 Å². The predicted molar refractivity (Wildman–Crippen MR) is 77.6 cm³/mol. The van der Waals surface area contributed by atoms with Crippen LogP contribution < -0.4 is 5.32 Å². The van der Waals surface area contributed by atoms with E-state index in [1.807, 2.05) is 0 Å². The van der Waals surface area contributed by atoms with Gasteiger partial charge >= 0.3 is 11.8 Å². The largest absolute Gasteiger partial charge is 0.477 e. The fraction of sp³-hybridized carbons (Fsp3) is 0.867. The highest BCUT2D eigenvalue weighted by molar-refractivity contribution is 5.84. The van der Waals surface area contributed by atoms with Gasteiger partial charge in [0, 0.05) is 6.42 Å². The molecule has 0 aromatic heterocycles. The summed E-state index contributed by atoms with van der Waals surface area (Å²) in [4.78, 5) is 31.6. The Morgan fingerprint density at radius 1 is 1.10 bits per heavy atom. The molecule has 1 saturated heterocycles. The van der Waals surface area contributed by atoms with Gasteiger partial charge in [-0.25, -0.2) is 4.79 Å². The minimum absolute atomic E-state index is 0.00810. The monoisotopic (exact) mass is 301 g/mol. The summed E-state index contributed by atoms with van der Waals surface area (Å²) in [5, 5.41) is 12.1. The second-order valence-corrected chi connectivity index (χ2v) is 5.67. The van der Waals surface area contributed by atoms with Crippen LogP contribution in [0.5, 0.6) is 0 Å². The van der Waals surface area contributed by atoms with E-state index in [1.54, 1.807) is 0 Å². The Bertz CT molecular complexity index is 341. The maximum Gasteiger partial charge on any atom is 0.370 e. The molecule has 0 amide bonds. The van der Waals surface area contributed by atoms with Gasteiger partial charge < -0.3 is 10.4 Å². The zero-order valence-corrected chi connectivity index (χ0v) is 13.0. The number of hydrogen-bond acceptors (Lipinski definition) is 5. The van der Waals surface area contributed by atoms with Gasteiger partial charge in [0.1, 0.15) is 5.78 Å². The van der Waals surface area contributed by atoms with E-state index in [4.69, 9.17) is 5.11 Å². The van der Waals surface area contributed by atoms with E-state index in [0.717, 1.165) is 12.8 Å². The summed E-state index contributed by atoms with van der Waals surface area (Å²) in [5.41, 5.74) is 0. The number of carbonyl (C=O) groups excluding carboxylic acids is 1. The van der Waals surface area contributed by atoms with Crippen molar-refractivity contribution < 1.29 is 24.5 Å². The molecule has 0 bridgehead atoms. The van der Waals surface area contributed by atoms with Gasteiger partial charge in [-0.3, -0.25) is 4.79 Å². The molecule has 1 aliphatic heterocycles. The second-order valence-electron chi connectivity index (χ2n) is 5.67. The van der Waals surface area contributed by atoms with Gasteiger partial charge in [0.15, 0.2) is 0 Å². The lowest BCUT2D eigenvalue weighted by atomic mass is 10.0. The van der Waals surface area contributed by atoms with Crippen molar-refractivity contribution in [1.29, 1.82) is 0 Å². The van der Waals surface area contributed by atoms with Crippen molar-refractivity contribution in [3.8, 4) is 0 Å². The van der Waals surface area contributed by atoms with Crippen molar-refractivity contribution in [1.82, 2.24) is 5.32 Å². The van der Waals surface area contributed by atoms with E-state index >= 15 is 0 Å².